The lowest BCUT2D eigenvalue weighted by molar-refractivity contribution is 0.943. The van der Waals surface area contributed by atoms with Crippen LogP contribution >= 0.6 is 0 Å². The minimum absolute atomic E-state index is 0.0405. The summed E-state index contributed by atoms with van der Waals surface area (Å²) in [5, 5.41) is 3.31. The molecule has 1 aromatic carbocycles. The van der Waals surface area contributed by atoms with Crippen LogP contribution in [0.25, 0.3) is 5.65 Å². The second-order valence-corrected chi connectivity index (χ2v) is 5.35. The number of hydrogen-bond acceptors (Lipinski definition) is 3. The van der Waals surface area contributed by atoms with E-state index in [9.17, 15) is 4.79 Å². The van der Waals surface area contributed by atoms with Gasteiger partial charge in [-0.3, -0.25) is 9.20 Å². The van der Waals surface area contributed by atoms with Gasteiger partial charge in [-0.25, -0.2) is 4.98 Å². The zero-order valence-corrected chi connectivity index (χ0v) is 12.8. The minimum Gasteiger partial charge on any atom is -0.379 e. The molecule has 112 valence electrons. The summed E-state index contributed by atoms with van der Waals surface area (Å²) in [6, 6.07) is 15.6. The lowest BCUT2D eigenvalue weighted by Crippen LogP contribution is -2.18. The molecule has 3 rings (SSSR count). The largest absolute Gasteiger partial charge is 0.379 e. The standard InChI is InChI=1S/C18H19N3O/c1-3-14-7-9-15(10-8-14)19-12-16-11-18(22)21-13(2)5-4-6-17(21)20-16/h4-11,19H,3,12H2,1-2H3. The first-order chi connectivity index (χ1) is 10.7. The Balaban J connectivity index is 1.83. The smallest absolute Gasteiger partial charge is 0.258 e. The highest BCUT2D eigenvalue weighted by atomic mass is 16.1. The monoisotopic (exact) mass is 293 g/mol. The fourth-order valence-electron chi connectivity index (χ4n) is 2.51. The molecule has 0 radical (unpaired) electrons. The summed E-state index contributed by atoms with van der Waals surface area (Å²) in [5.41, 5.74) is 4.62. The van der Waals surface area contributed by atoms with E-state index in [-0.39, 0.29) is 5.56 Å². The lowest BCUT2D eigenvalue weighted by Gasteiger charge is -2.09. The molecule has 0 aliphatic rings. The summed E-state index contributed by atoms with van der Waals surface area (Å²) >= 11 is 0. The van der Waals surface area contributed by atoms with Crippen LogP contribution in [0.1, 0.15) is 23.9 Å². The van der Waals surface area contributed by atoms with Crippen molar-refractivity contribution in [3.05, 3.63) is 75.8 Å². The van der Waals surface area contributed by atoms with Crippen molar-refractivity contribution in [3.8, 4) is 0 Å². The number of aromatic nitrogens is 2. The number of pyridine rings is 1. The summed E-state index contributed by atoms with van der Waals surface area (Å²) in [5.74, 6) is 0. The number of hydrogen-bond donors (Lipinski definition) is 1. The third-order valence-corrected chi connectivity index (χ3v) is 3.77. The van der Waals surface area contributed by atoms with Gasteiger partial charge in [0, 0.05) is 17.4 Å². The molecular weight excluding hydrogens is 274 g/mol. The Labute approximate surface area is 129 Å². The van der Waals surface area contributed by atoms with Gasteiger partial charge < -0.3 is 5.32 Å². The van der Waals surface area contributed by atoms with Crippen molar-refractivity contribution >= 4 is 11.3 Å². The molecule has 0 aliphatic heterocycles. The van der Waals surface area contributed by atoms with Crippen molar-refractivity contribution in [1.29, 1.82) is 0 Å². The molecule has 0 saturated heterocycles. The highest BCUT2D eigenvalue weighted by Gasteiger charge is 2.04. The fourth-order valence-corrected chi connectivity index (χ4v) is 2.51. The summed E-state index contributed by atoms with van der Waals surface area (Å²) in [6.45, 7) is 4.57. The lowest BCUT2D eigenvalue weighted by atomic mass is 10.1. The number of nitrogens with zero attached hydrogens (tertiary/aromatic N) is 2. The van der Waals surface area contributed by atoms with Crippen LogP contribution in [0.2, 0.25) is 0 Å². The van der Waals surface area contributed by atoms with Gasteiger partial charge in [-0.2, -0.15) is 0 Å². The third-order valence-electron chi connectivity index (χ3n) is 3.77. The molecule has 4 heteroatoms. The maximum absolute atomic E-state index is 12.2. The molecular formula is C18H19N3O. The Morgan fingerprint density at radius 3 is 2.64 bits per heavy atom. The van der Waals surface area contributed by atoms with Gasteiger partial charge in [0.25, 0.3) is 5.56 Å². The molecule has 0 amide bonds. The average molecular weight is 293 g/mol. The number of fused-ring (bicyclic) bond motifs is 1. The number of anilines is 1. The first-order valence-electron chi connectivity index (χ1n) is 7.48. The zero-order valence-electron chi connectivity index (χ0n) is 12.8. The Morgan fingerprint density at radius 2 is 1.91 bits per heavy atom. The van der Waals surface area contributed by atoms with E-state index in [0.717, 1.165) is 23.5 Å². The molecule has 0 fully saturated rings. The van der Waals surface area contributed by atoms with Crippen molar-refractivity contribution in [1.82, 2.24) is 9.38 Å². The normalized spacial score (nSPS) is 10.8. The Hall–Kier alpha value is -2.62. The molecule has 0 spiro atoms. The summed E-state index contributed by atoms with van der Waals surface area (Å²) in [7, 11) is 0. The van der Waals surface area contributed by atoms with Gasteiger partial charge in [-0.1, -0.05) is 25.1 Å². The minimum atomic E-state index is -0.0405. The molecule has 4 nitrogen and oxygen atoms in total. The molecule has 0 bridgehead atoms. The Bertz CT molecular complexity index is 850. The average Bonchev–Trinajstić information content (AvgIpc) is 2.53. The SMILES string of the molecule is CCc1ccc(NCc2cc(=O)n3c(C)cccc3n2)cc1. The van der Waals surface area contributed by atoms with Crippen molar-refractivity contribution < 1.29 is 0 Å². The van der Waals surface area contributed by atoms with Gasteiger partial charge in [0.1, 0.15) is 5.65 Å². The molecule has 22 heavy (non-hydrogen) atoms. The Morgan fingerprint density at radius 1 is 1.14 bits per heavy atom. The van der Waals surface area contributed by atoms with Crippen molar-refractivity contribution in [2.24, 2.45) is 0 Å². The Kier molecular flexibility index (Phi) is 3.92. The van der Waals surface area contributed by atoms with Crippen molar-refractivity contribution in [2.45, 2.75) is 26.8 Å². The van der Waals surface area contributed by atoms with Gasteiger partial charge in [0.2, 0.25) is 0 Å². The van der Waals surface area contributed by atoms with Crippen LogP contribution in [-0.2, 0) is 13.0 Å². The van der Waals surface area contributed by atoms with E-state index in [2.05, 4.69) is 41.5 Å². The highest BCUT2D eigenvalue weighted by molar-refractivity contribution is 5.46. The fraction of sp³-hybridized carbons (Fsp3) is 0.222. The molecule has 3 aromatic rings. The topological polar surface area (TPSA) is 46.4 Å². The highest BCUT2D eigenvalue weighted by Crippen LogP contribution is 2.11. The molecule has 2 heterocycles. The van der Waals surface area contributed by atoms with E-state index in [1.54, 1.807) is 10.5 Å². The second kappa shape index (κ2) is 6.02. The first kappa shape index (κ1) is 14.3. The molecule has 0 aliphatic carbocycles. The second-order valence-electron chi connectivity index (χ2n) is 5.35. The summed E-state index contributed by atoms with van der Waals surface area (Å²) in [4.78, 5) is 16.8. The van der Waals surface area contributed by atoms with Gasteiger partial charge in [0.15, 0.2) is 0 Å². The first-order valence-corrected chi connectivity index (χ1v) is 7.48. The van der Waals surface area contributed by atoms with Gasteiger partial charge >= 0.3 is 0 Å². The van der Waals surface area contributed by atoms with Crippen LogP contribution in [0.15, 0.2) is 53.3 Å². The van der Waals surface area contributed by atoms with E-state index >= 15 is 0 Å². The van der Waals surface area contributed by atoms with E-state index in [1.165, 1.54) is 5.56 Å². The predicted octanol–water partition coefficient (Wildman–Crippen LogP) is 3.18. The maximum atomic E-state index is 12.2. The molecule has 2 aromatic heterocycles. The summed E-state index contributed by atoms with van der Waals surface area (Å²) < 4.78 is 1.62. The number of aryl methyl sites for hydroxylation is 2. The third kappa shape index (κ3) is 2.86. The van der Waals surface area contributed by atoms with Crippen molar-refractivity contribution in [2.75, 3.05) is 5.32 Å². The van der Waals surface area contributed by atoms with Crippen LogP contribution in [0, 0.1) is 6.92 Å². The molecule has 1 N–H and O–H groups in total. The molecule has 0 unspecified atom stereocenters. The van der Waals surface area contributed by atoms with Crippen LogP contribution < -0.4 is 10.9 Å². The molecule has 0 saturated carbocycles. The van der Waals surface area contributed by atoms with Crippen molar-refractivity contribution in [3.63, 3.8) is 0 Å². The van der Waals surface area contributed by atoms with E-state index < -0.39 is 0 Å². The number of nitrogens with one attached hydrogen (secondary N) is 1. The van der Waals surface area contributed by atoms with E-state index in [0.29, 0.717) is 12.2 Å². The zero-order chi connectivity index (χ0) is 15.5. The van der Waals surface area contributed by atoms with E-state index in [1.807, 2.05) is 25.1 Å². The number of rotatable bonds is 4. The number of benzene rings is 1. The van der Waals surface area contributed by atoms with Gasteiger partial charge in [-0.05, 0) is 43.2 Å². The maximum Gasteiger partial charge on any atom is 0.258 e. The summed E-state index contributed by atoms with van der Waals surface area (Å²) in [6.07, 6.45) is 1.03. The van der Waals surface area contributed by atoms with E-state index in [4.69, 9.17) is 0 Å². The quantitative estimate of drug-likeness (QED) is 0.803. The van der Waals surface area contributed by atoms with Gasteiger partial charge in [-0.15, -0.1) is 0 Å². The van der Waals surface area contributed by atoms with Crippen LogP contribution in [-0.4, -0.2) is 9.38 Å². The van der Waals surface area contributed by atoms with Crippen LogP contribution in [0.4, 0.5) is 5.69 Å². The molecule has 0 atom stereocenters. The van der Waals surface area contributed by atoms with Crippen LogP contribution in [0.5, 0.6) is 0 Å². The predicted molar refractivity (Wildman–Crippen MR) is 89.3 cm³/mol. The van der Waals surface area contributed by atoms with Crippen LogP contribution in [0.3, 0.4) is 0 Å². The van der Waals surface area contributed by atoms with Gasteiger partial charge in [0.05, 0.1) is 12.2 Å².